The largest absolute Gasteiger partial charge is 0.294 e. The summed E-state index contributed by atoms with van der Waals surface area (Å²) in [6.07, 6.45) is 4.61. The lowest BCUT2D eigenvalue weighted by Crippen LogP contribution is -2.35. The number of rotatable bonds is 0. The van der Waals surface area contributed by atoms with E-state index in [1.807, 2.05) is 0 Å². The lowest BCUT2D eigenvalue weighted by molar-refractivity contribution is -0.125. The van der Waals surface area contributed by atoms with Gasteiger partial charge in [-0.05, 0) is 6.08 Å². The predicted molar refractivity (Wildman–Crippen MR) is 48.3 cm³/mol. The molecular formula is C8H5Cl2NO2. The molecule has 2 amide bonds. The number of hydrogen-bond donors (Lipinski definition) is 1. The zero-order valence-corrected chi connectivity index (χ0v) is 7.89. The maximum absolute atomic E-state index is 11.3. The van der Waals surface area contributed by atoms with Crippen molar-refractivity contribution in [2.75, 3.05) is 0 Å². The molecule has 0 aromatic heterocycles. The molecule has 0 aromatic carbocycles. The summed E-state index contributed by atoms with van der Waals surface area (Å²) in [6, 6.07) is 0. The Kier molecular flexibility index (Phi) is 1.75. The highest BCUT2D eigenvalue weighted by Gasteiger charge is 2.54. The van der Waals surface area contributed by atoms with Gasteiger partial charge >= 0.3 is 0 Å². The summed E-state index contributed by atoms with van der Waals surface area (Å²) in [6.45, 7) is 0. The Morgan fingerprint density at radius 1 is 1.46 bits per heavy atom. The first-order valence-corrected chi connectivity index (χ1v) is 4.40. The Morgan fingerprint density at radius 2 is 2.15 bits per heavy atom. The van der Waals surface area contributed by atoms with Gasteiger partial charge < -0.3 is 0 Å². The fraction of sp³-hybridized carbons (Fsp3) is 0.250. The van der Waals surface area contributed by atoms with Crippen molar-refractivity contribution in [1.29, 1.82) is 0 Å². The van der Waals surface area contributed by atoms with Gasteiger partial charge in [0.05, 0.1) is 0 Å². The molecule has 1 saturated heterocycles. The molecule has 3 nitrogen and oxygen atoms in total. The average Bonchev–Trinajstić information content (AvgIpc) is 2.24. The second kappa shape index (κ2) is 2.59. The van der Waals surface area contributed by atoms with Gasteiger partial charge in [0.15, 0.2) is 4.87 Å². The molecule has 0 saturated carbocycles. The van der Waals surface area contributed by atoms with Crippen LogP contribution in [-0.2, 0) is 9.59 Å². The van der Waals surface area contributed by atoms with Gasteiger partial charge in [-0.15, -0.1) is 11.6 Å². The summed E-state index contributed by atoms with van der Waals surface area (Å²) in [5, 5.41) is 2.44. The zero-order valence-electron chi connectivity index (χ0n) is 6.38. The van der Waals surface area contributed by atoms with E-state index >= 15 is 0 Å². The van der Waals surface area contributed by atoms with Gasteiger partial charge in [0.1, 0.15) is 5.92 Å². The standard InChI is InChI=1S/C8H5Cl2NO2/c9-4-2-1-3-8(10)5(4)6(12)11-7(8)13/h1-3,5H,(H,11,12,13). The number of fused-ring (bicyclic) bond motifs is 1. The van der Waals surface area contributed by atoms with Gasteiger partial charge in [0, 0.05) is 5.03 Å². The Bertz CT molecular complexity index is 361. The molecule has 1 fully saturated rings. The molecule has 5 heteroatoms. The van der Waals surface area contributed by atoms with Crippen LogP contribution in [0.5, 0.6) is 0 Å². The van der Waals surface area contributed by atoms with E-state index in [4.69, 9.17) is 23.2 Å². The minimum atomic E-state index is -1.32. The zero-order chi connectivity index (χ0) is 9.64. The summed E-state index contributed by atoms with van der Waals surface area (Å²) in [7, 11) is 0. The number of nitrogens with one attached hydrogen (secondary N) is 1. The molecule has 0 aromatic rings. The van der Waals surface area contributed by atoms with Crippen molar-refractivity contribution >= 4 is 35.0 Å². The average molecular weight is 218 g/mol. The Hall–Kier alpha value is -0.800. The molecule has 1 heterocycles. The number of imide groups is 1. The highest BCUT2D eigenvalue weighted by molar-refractivity contribution is 6.45. The third kappa shape index (κ3) is 1.04. The summed E-state index contributed by atoms with van der Waals surface area (Å²) in [5.41, 5.74) is 0. The van der Waals surface area contributed by atoms with E-state index in [2.05, 4.69) is 5.32 Å². The molecule has 1 N–H and O–H groups in total. The number of alkyl halides is 1. The number of amides is 2. The van der Waals surface area contributed by atoms with E-state index in [0.29, 0.717) is 5.03 Å². The van der Waals surface area contributed by atoms with Crippen LogP contribution in [0.3, 0.4) is 0 Å². The van der Waals surface area contributed by atoms with Crippen LogP contribution in [0.15, 0.2) is 23.3 Å². The highest BCUT2D eigenvalue weighted by atomic mass is 35.5. The number of carbonyl (C=O) groups excluding carboxylic acids is 2. The van der Waals surface area contributed by atoms with Crippen molar-refractivity contribution in [2.24, 2.45) is 5.92 Å². The minimum Gasteiger partial charge on any atom is -0.294 e. The molecule has 0 spiro atoms. The van der Waals surface area contributed by atoms with Crippen LogP contribution in [0.2, 0.25) is 0 Å². The van der Waals surface area contributed by atoms with E-state index < -0.39 is 22.6 Å². The van der Waals surface area contributed by atoms with Gasteiger partial charge in [0.25, 0.3) is 5.91 Å². The van der Waals surface area contributed by atoms with Crippen LogP contribution >= 0.6 is 23.2 Å². The maximum Gasteiger partial charge on any atom is 0.252 e. The van der Waals surface area contributed by atoms with Gasteiger partial charge in [-0.25, -0.2) is 0 Å². The van der Waals surface area contributed by atoms with Crippen molar-refractivity contribution < 1.29 is 9.59 Å². The molecule has 68 valence electrons. The van der Waals surface area contributed by atoms with E-state index in [0.717, 1.165) is 0 Å². The predicted octanol–water partition coefficient (Wildman–Crippen LogP) is 0.929. The molecule has 2 atom stereocenters. The van der Waals surface area contributed by atoms with Crippen molar-refractivity contribution in [3.05, 3.63) is 23.3 Å². The van der Waals surface area contributed by atoms with Gasteiger partial charge in [-0.1, -0.05) is 23.8 Å². The van der Waals surface area contributed by atoms with Gasteiger partial charge in [-0.2, -0.15) is 0 Å². The van der Waals surface area contributed by atoms with E-state index in [1.54, 1.807) is 12.2 Å². The smallest absolute Gasteiger partial charge is 0.252 e. The fourth-order valence-corrected chi connectivity index (χ4v) is 2.21. The third-order valence-electron chi connectivity index (χ3n) is 2.14. The second-order valence-corrected chi connectivity index (χ2v) is 3.99. The maximum atomic E-state index is 11.3. The van der Waals surface area contributed by atoms with Gasteiger partial charge in [0.2, 0.25) is 5.91 Å². The van der Waals surface area contributed by atoms with Crippen molar-refractivity contribution in [3.8, 4) is 0 Å². The molecule has 1 aliphatic heterocycles. The van der Waals surface area contributed by atoms with Crippen LogP contribution in [-0.4, -0.2) is 16.7 Å². The molecule has 0 bridgehead atoms. The lowest BCUT2D eigenvalue weighted by Gasteiger charge is -2.22. The second-order valence-electron chi connectivity index (χ2n) is 2.93. The molecule has 0 radical (unpaired) electrons. The third-order valence-corrected chi connectivity index (χ3v) is 3.00. The quantitative estimate of drug-likeness (QED) is 0.485. The summed E-state index contributed by atoms with van der Waals surface area (Å²) >= 11 is 11.7. The summed E-state index contributed by atoms with van der Waals surface area (Å²) < 4.78 is 0. The molecule has 2 rings (SSSR count). The first-order valence-electron chi connectivity index (χ1n) is 3.65. The van der Waals surface area contributed by atoms with E-state index in [9.17, 15) is 9.59 Å². The minimum absolute atomic E-state index is 0.292. The first kappa shape index (κ1) is 8.78. The Balaban J connectivity index is 2.54. The SMILES string of the molecule is O=C1NC(=O)C2(Cl)C=CC=C(Cl)C12. The number of allylic oxidation sites excluding steroid dienone is 2. The number of hydrogen-bond acceptors (Lipinski definition) is 2. The number of carbonyl (C=O) groups is 2. The van der Waals surface area contributed by atoms with Crippen molar-refractivity contribution in [2.45, 2.75) is 4.87 Å². The summed E-state index contributed by atoms with van der Waals surface area (Å²) in [5.74, 6) is -1.72. The van der Waals surface area contributed by atoms with E-state index in [-0.39, 0.29) is 0 Å². The molecule has 2 unspecified atom stereocenters. The Labute approximate surface area is 84.4 Å². The van der Waals surface area contributed by atoms with Crippen molar-refractivity contribution in [1.82, 2.24) is 5.32 Å². The summed E-state index contributed by atoms with van der Waals surface area (Å²) in [4.78, 5) is 21.2. The molecular weight excluding hydrogens is 213 g/mol. The Morgan fingerprint density at radius 3 is 2.77 bits per heavy atom. The fourth-order valence-electron chi connectivity index (χ4n) is 1.48. The first-order chi connectivity index (χ1) is 6.05. The topological polar surface area (TPSA) is 46.2 Å². The van der Waals surface area contributed by atoms with Crippen LogP contribution in [0.4, 0.5) is 0 Å². The molecule has 1 aliphatic carbocycles. The highest BCUT2D eigenvalue weighted by Crippen LogP contribution is 2.41. The van der Waals surface area contributed by atoms with Crippen LogP contribution in [0, 0.1) is 5.92 Å². The van der Waals surface area contributed by atoms with Crippen molar-refractivity contribution in [3.63, 3.8) is 0 Å². The van der Waals surface area contributed by atoms with E-state index in [1.165, 1.54) is 6.08 Å². The molecule has 13 heavy (non-hydrogen) atoms. The normalized spacial score (nSPS) is 37.1. The lowest BCUT2D eigenvalue weighted by atomic mass is 9.90. The van der Waals surface area contributed by atoms with Crippen LogP contribution in [0.25, 0.3) is 0 Å². The number of halogens is 2. The van der Waals surface area contributed by atoms with Crippen LogP contribution in [0.1, 0.15) is 0 Å². The van der Waals surface area contributed by atoms with Gasteiger partial charge in [-0.3, -0.25) is 14.9 Å². The molecule has 2 aliphatic rings. The monoisotopic (exact) mass is 217 g/mol. The van der Waals surface area contributed by atoms with Crippen LogP contribution < -0.4 is 5.32 Å².